The standard InChI is InChI=1S/C16H19N3O3/c1-18-11-14(10-17-18)13-3-2-4-15(9-13)22-12-16(20)19-5-7-21-8-6-19/h2-4,9-11H,5-8,12H2,1H3. The fourth-order valence-electron chi connectivity index (χ4n) is 2.38. The van der Waals surface area contributed by atoms with E-state index in [4.69, 9.17) is 9.47 Å². The first kappa shape index (κ1) is 14.6. The summed E-state index contributed by atoms with van der Waals surface area (Å²) in [7, 11) is 1.88. The van der Waals surface area contributed by atoms with Crippen molar-refractivity contribution in [1.82, 2.24) is 14.7 Å². The van der Waals surface area contributed by atoms with Crippen molar-refractivity contribution < 1.29 is 14.3 Å². The van der Waals surface area contributed by atoms with E-state index >= 15 is 0 Å². The Hall–Kier alpha value is -2.34. The lowest BCUT2D eigenvalue weighted by molar-refractivity contribution is -0.137. The van der Waals surface area contributed by atoms with Crippen molar-refractivity contribution >= 4 is 5.91 Å². The molecule has 0 N–H and O–H groups in total. The Balaban J connectivity index is 1.62. The molecule has 1 saturated heterocycles. The van der Waals surface area contributed by atoms with Crippen molar-refractivity contribution in [2.24, 2.45) is 7.05 Å². The number of morpholine rings is 1. The molecule has 1 aliphatic rings. The van der Waals surface area contributed by atoms with Gasteiger partial charge in [0.25, 0.3) is 5.91 Å². The molecule has 1 aliphatic heterocycles. The monoisotopic (exact) mass is 301 g/mol. The summed E-state index contributed by atoms with van der Waals surface area (Å²) in [6, 6.07) is 7.68. The molecule has 0 bridgehead atoms. The average molecular weight is 301 g/mol. The lowest BCUT2D eigenvalue weighted by Gasteiger charge is -2.26. The van der Waals surface area contributed by atoms with Gasteiger partial charge in [0.05, 0.1) is 19.4 Å². The molecule has 6 nitrogen and oxygen atoms in total. The molecule has 0 aliphatic carbocycles. The smallest absolute Gasteiger partial charge is 0.260 e. The van der Waals surface area contributed by atoms with Crippen LogP contribution in [0.4, 0.5) is 0 Å². The third-order valence-corrected chi connectivity index (χ3v) is 3.60. The van der Waals surface area contributed by atoms with Crippen molar-refractivity contribution in [1.29, 1.82) is 0 Å². The summed E-state index contributed by atoms with van der Waals surface area (Å²) in [6.07, 6.45) is 3.75. The van der Waals surface area contributed by atoms with Gasteiger partial charge in [-0.2, -0.15) is 5.10 Å². The number of amides is 1. The normalized spacial score (nSPS) is 14.9. The number of ether oxygens (including phenoxy) is 2. The van der Waals surface area contributed by atoms with Gasteiger partial charge in [-0.15, -0.1) is 0 Å². The van der Waals surface area contributed by atoms with E-state index in [1.54, 1.807) is 15.8 Å². The molecule has 22 heavy (non-hydrogen) atoms. The van der Waals surface area contributed by atoms with Gasteiger partial charge in [-0.3, -0.25) is 9.48 Å². The second-order valence-corrected chi connectivity index (χ2v) is 5.21. The first-order valence-corrected chi connectivity index (χ1v) is 7.30. The van der Waals surface area contributed by atoms with Crippen LogP contribution in [0.25, 0.3) is 11.1 Å². The maximum absolute atomic E-state index is 12.1. The molecule has 1 amide bonds. The Kier molecular flexibility index (Phi) is 4.39. The third kappa shape index (κ3) is 3.46. The topological polar surface area (TPSA) is 56.6 Å². The van der Waals surface area contributed by atoms with Gasteiger partial charge in [-0.25, -0.2) is 0 Å². The van der Waals surface area contributed by atoms with Gasteiger partial charge in [0, 0.05) is 31.9 Å². The molecule has 3 rings (SSSR count). The van der Waals surface area contributed by atoms with Crippen LogP contribution in [-0.4, -0.2) is 53.5 Å². The molecular formula is C16H19N3O3. The molecule has 0 unspecified atom stereocenters. The van der Waals surface area contributed by atoms with E-state index in [0.717, 1.165) is 11.1 Å². The van der Waals surface area contributed by atoms with Crippen LogP contribution in [-0.2, 0) is 16.6 Å². The summed E-state index contributed by atoms with van der Waals surface area (Å²) in [5.74, 6) is 0.679. The Morgan fingerprint density at radius 2 is 2.14 bits per heavy atom. The lowest BCUT2D eigenvalue weighted by atomic mass is 10.1. The van der Waals surface area contributed by atoms with Crippen LogP contribution in [0, 0.1) is 0 Å². The number of hydrogen-bond donors (Lipinski definition) is 0. The Morgan fingerprint density at radius 1 is 1.32 bits per heavy atom. The molecule has 1 aromatic carbocycles. The summed E-state index contributed by atoms with van der Waals surface area (Å²) in [6.45, 7) is 2.52. The highest BCUT2D eigenvalue weighted by Crippen LogP contribution is 2.23. The zero-order chi connectivity index (χ0) is 15.4. The van der Waals surface area contributed by atoms with Gasteiger partial charge in [-0.1, -0.05) is 12.1 Å². The molecule has 0 atom stereocenters. The summed E-state index contributed by atoms with van der Waals surface area (Å²) in [5.41, 5.74) is 2.04. The minimum Gasteiger partial charge on any atom is -0.484 e. The van der Waals surface area contributed by atoms with Crippen LogP contribution in [0.3, 0.4) is 0 Å². The highest BCUT2D eigenvalue weighted by atomic mass is 16.5. The summed E-state index contributed by atoms with van der Waals surface area (Å²) in [4.78, 5) is 13.8. The number of carbonyl (C=O) groups excluding carboxylic acids is 1. The Morgan fingerprint density at radius 3 is 2.86 bits per heavy atom. The lowest BCUT2D eigenvalue weighted by Crippen LogP contribution is -2.42. The zero-order valence-corrected chi connectivity index (χ0v) is 12.6. The van der Waals surface area contributed by atoms with E-state index in [1.807, 2.05) is 37.5 Å². The van der Waals surface area contributed by atoms with Gasteiger partial charge >= 0.3 is 0 Å². The van der Waals surface area contributed by atoms with Crippen molar-refractivity contribution in [3.8, 4) is 16.9 Å². The number of carbonyl (C=O) groups is 1. The fraction of sp³-hybridized carbons (Fsp3) is 0.375. The number of hydrogen-bond acceptors (Lipinski definition) is 4. The molecule has 0 spiro atoms. The van der Waals surface area contributed by atoms with E-state index in [9.17, 15) is 4.79 Å². The molecule has 2 heterocycles. The van der Waals surface area contributed by atoms with Crippen LogP contribution in [0.5, 0.6) is 5.75 Å². The number of nitrogens with zero attached hydrogens (tertiary/aromatic N) is 3. The predicted octanol–water partition coefficient (Wildman–Crippen LogP) is 1.32. The molecule has 1 aromatic heterocycles. The van der Waals surface area contributed by atoms with Crippen LogP contribution in [0.1, 0.15) is 0 Å². The number of benzene rings is 1. The minimum absolute atomic E-state index is 0.00455. The van der Waals surface area contributed by atoms with Crippen LogP contribution in [0.15, 0.2) is 36.7 Å². The van der Waals surface area contributed by atoms with Crippen molar-refractivity contribution in [2.75, 3.05) is 32.9 Å². The summed E-state index contributed by atoms with van der Waals surface area (Å²) < 4.78 is 12.6. The number of rotatable bonds is 4. The van der Waals surface area contributed by atoms with E-state index in [1.165, 1.54) is 0 Å². The zero-order valence-electron chi connectivity index (χ0n) is 12.6. The minimum atomic E-state index is -0.00455. The van der Waals surface area contributed by atoms with Crippen molar-refractivity contribution in [3.63, 3.8) is 0 Å². The van der Waals surface area contributed by atoms with E-state index in [-0.39, 0.29) is 12.5 Å². The summed E-state index contributed by atoms with van der Waals surface area (Å²) >= 11 is 0. The first-order chi connectivity index (χ1) is 10.7. The Bertz CT molecular complexity index is 648. The predicted molar refractivity (Wildman–Crippen MR) is 81.5 cm³/mol. The average Bonchev–Trinajstić information content (AvgIpc) is 3.00. The van der Waals surface area contributed by atoms with Gasteiger partial charge in [0.15, 0.2) is 6.61 Å². The molecule has 2 aromatic rings. The van der Waals surface area contributed by atoms with Gasteiger partial charge < -0.3 is 14.4 Å². The van der Waals surface area contributed by atoms with E-state index in [2.05, 4.69) is 5.10 Å². The number of aryl methyl sites for hydroxylation is 1. The second-order valence-electron chi connectivity index (χ2n) is 5.21. The highest BCUT2D eigenvalue weighted by Gasteiger charge is 2.17. The molecule has 0 saturated carbocycles. The maximum atomic E-state index is 12.1. The Labute approximate surface area is 129 Å². The van der Waals surface area contributed by atoms with Crippen molar-refractivity contribution in [2.45, 2.75) is 0 Å². The third-order valence-electron chi connectivity index (χ3n) is 3.60. The quantitative estimate of drug-likeness (QED) is 0.855. The van der Waals surface area contributed by atoms with Crippen molar-refractivity contribution in [3.05, 3.63) is 36.7 Å². The molecule has 1 fully saturated rings. The van der Waals surface area contributed by atoms with Crippen LogP contribution >= 0.6 is 0 Å². The summed E-state index contributed by atoms with van der Waals surface area (Å²) in [5, 5.41) is 4.16. The highest BCUT2D eigenvalue weighted by molar-refractivity contribution is 5.78. The molecule has 0 radical (unpaired) electrons. The van der Waals surface area contributed by atoms with Crippen LogP contribution in [0.2, 0.25) is 0 Å². The molecule has 116 valence electrons. The van der Waals surface area contributed by atoms with Gasteiger partial charge in [0.2, 0.25) is 0 Å². The van der Waals surface area contributed by atoms with Crippen LogP contribution < -0.4 is 4.74 Å². The maximum Gasteiger partial charge on any atom is 0.260 e. The molecule has 6 heteroatoms. The van der Waals surface area contributed by atoms with Gasteiger partial charge in [-0.05, 0) is 17.7 Å². The second kappa shape index (κ2) is 6.62. The SMILES string of the molecule is Cn1cc(-c2cccc(OCC(=O)N3CCOCC3)c2)cn1. The van der Waals surface area contributed by atoms with Gasteiger partial charge in [0.1, 0.15) is 5.75 Å². The number of aromatic nitrogens is 2. The van der Waals surface area contributed by atoms with E-state index < -0.39 is 0 Å². The molecular weight excluding hydrogens is 282 g/mol. The fourth-order valence-corrected chi connectivity index (χ4v) is 2.38. The van der Waals surface area contributed by atoms with E-state index in [0.29, 0.717) is 32.1 Å². The first-order valence-electron chi connectivity index (χ1n) is 7.30. The largest absolute Gasteiger partial charge is 0.484 e.